The number of methoxy groups -OCH3 is 1. The van der Waals surface area contributed by atoms with E-state index in [0.717, 1.165) is 27.7 Å². The first-order valence-electron chi connectivity index (χ1n) is 9.80. The van der Waals surface area contributed by atoms with Crippen molar-refractivity contribution in [3.8, 4) is 11.6 Å². The lowest BCUT2D eigenvalue weighted by molar-refractivity contribution is 0.286. The van der Waals surface area contributed by atoms with Crippen molar-refractivity contribution in [1.82, 2.24) is 19.9 Å². The molecule has 0 fully saturated rings. The van der Waals surface area contributed by atoms with E-state index in [1.54, 1.807) is 25.1 Å². The van der Waals surface area contributed by atoms with E-state index in [1.165, 1.54) is 5.56 Å². The first-order valence-corrected chi connectivity index (χ1v) is 10.8. The van der Waals surface area contributed by atoms with E-state index < -0.39 is 0 Å². The molecular weight excluding hydrogens is 396 g/mol. The summed E-state index contributed by atoms with van der Waals surface area (Å²) in [6.07, 6.45) is 1.77. The fourth-order valence-corrected chi connectivity index (χ4v) is 4.05. The molecule has 1 unspecified atom stereocenters. The number of aromatic amines is 1. The van der Waals surface area contributed by atoms with Crippen LogP contribution in [0.15, 0.2) is 59.9 Å². The summed E-state index contributed by atoms with van der Waals surface area (Å²) in [5.74, 6) is 2.41. The Morgan fingerprint density at radius 3 is 2.70 bits per heavy atom. The number of aromatic nitrogens is 4. The van der Waals surface area contributed by atoms with Crippen molar-refractivity contribution in [2.24, 2.45) is 0 Å². The molecule has 0 amide bonds. The molecule has 0 aliphatic heterocycles. The van der Waals surface area contributed by atoms with E-state index in [4.69, 9.17) is 9.47 Å². The third-order valence-corrected chi connectivity index (χ3v) is 5.86. The van der Waals surface area contributed by atoms with Gasteiger partial charge in [-0.05, 0) is 24.6 Å². The van der Waals surface area contributed by atoms with Crippen LogP contribution in [-0.2, 0) is 5.75 Å². The Kier molecular flexibility index (Phi) is 6.18. The number of nitrogens with zero attached hydrogens (tertiary/aromatic N) is 3. The Labute approximate surface area is 180 Å². The second kappa shape index (κ2) is 9.17. The summed E-state index contributed by atoms with van der Waals surface area (Å²) in [5.41, 5.74) is 4.81. The smallest absolute Gasteiger partial charge is 0.215 e. The summed E-state index contributed by atoms with van der Waals surface area (Å²) in [5, 5.41) is 0.802. The Morgan fingerprint density at radius 1 is 1.07 bits per heavy atom. The predicted octanol–water partition coefficient (Wildman–Crippen LogP) is 5.14. The van der Waals surface area contributed by atoms with Crippen LogP contribution in [-0.4, -0.2) is 33.7 Å². The number of fused-ring (bicyclic) bond motifs is 1. The van der Waals surface area contributed by atoms with Crippen molar-refractivity contribution < 1.29 is 9.47 Å². The van der Waals surface area contributed by atoms with Crippen molar-refractivity contribution in [3.05, 3.63) is 71.5 Å². The van der Waals surface area contributed by atoms with Crippen LogP contribution in [0.4, 0.5) is 0 Å². The second-order valence-electron chi connectivity index (χ2n) is 7.06. The van der Waals surface area contributed by atoms with Crippen LogP contribution in [0.1, 0.15) is 29.7 Å². The van der Waals surface area contributed by atoms with Gasteiger partial charge in [-0.15, -0.1) is 0 Å². The summed E-state index contributed by atoms with van der Waals surface area (Å²) >= 11 is 1.59. The van der Waals surface area contributed by atoms with Crippen LogP contribution in [0.5, 0.6) is 11.6 Å². The summed E-state index contributed by atoms with van der Waals surface area (Å²) < 4.78 is 11.3. The van der Waals surface area contributed by atoms with Crippen molar-refractivity contribution in [1.29, 1.82) is 0 Å². The molecular formula is C23H24N4O2S. The molecule has 1 N–H and O–H groups in total. The van der Waals surface area contributed by atoms with E-state index in [-0.39, 0.29) is 5.92 Å². The summed E-state index contributed by atoms with van der Waals surface area (Å²) in [6.45, 7) is 4.73. The van der Waals surface area contributed by atoms with E-state index in [0.29, 0.717) is 23.9 Å². The molecule has 0 aliphatic carbocycles. The number of ether oxygens (including phenoxy) is 2. The average molecular weight is 421 g/mol. The molecule has 0 radical (unpaired) electrons. The Morgan fingerprint density at radius 2 is 1.90 bits per heavy atom. The highest BCUT2D eigenvalue weighted by Crippen LogP contribution is 2.27. The van der Waals surface area contributed by atoms with Gasteiger partial charge in [-0.1, -0.05) is 49.0 Å². The van der Waals surface area contributed by atoms with E-state index in [1.807, 2.05) is 43.3 Å². The first-order chi connectivity index (χ1) is 14.6. The highest BCUT2D eigenvalue weighted by molar-refractivity contribution is 7.98. The van der Waals surface area contributed by atoms with Gasteiger partial charge in [0.25, 0.3) is 0 Å². The number of hydrogen-bond acceptors (Lipinski definition) is 6. The SMILES string of the molecule is COc1ccnc(CSc2nc3nc(OCC(C)c4ccccc4)ccc3[nH]2)c1C. The van der Waals surface area contributed by atoms with E-state index >= 15 is 0 Å². The monoisotopic (exact) mass is 420 g/mol. The zero-order chi connectivity index (χ0) is 20.9. The molecule has 0 bridgehead atoms. The number of thioether (sulfide) groups is 1. The van der Waals surface area contributed by atoms with Gasteiger partial charge < -0.3 is 14.5 Å². The van der Waals surface area contributed by atoms with Gasteiger partial charge in [0.2, 0.25) is 5.88 Å². The van der Waals surface area contributed by atoms with E-state index in [2.05, 4.69) is 39.0 Å². The van der Waals surface area contributed by atoms with Crippen LogP contribution >= 0.6 is 11.8 Å². The lowest BCUT2D eigenvalue weighted by atomic mass is 10.0. The third-order valence-electron chi connectivity index (χ3n) is 4.97. The lowest BCUT2D eigenvalue weighted by Gasteiger charge is -2.12. The van der Waals surface area contributed by atoms with Gasteiger partial charge in [0, 0.05) is 29.5 Å². The molecule has 3 aromatic heterocycles. The van der Waals surface area contributed by atoms with Gasteiger partial charge in [-0.25, -0.2) is 4.98 Å². The fraction of sp³-hybridized carbons (Fsp3) is 0.261. The number of nitrogens with one attached hydrogen (secondary N) is 1. The normalized spacial score (nSPS) is 12.1. The Balaban J connectivity index is 1.41. The molecule has 0 saturated heterocycles. The standard InChI is InChI=1S/C23H24N4O2S/c1-15(17-7-5-4-6-8-17)13-29-21-10-9-18-22(26-21)27-23(25-18)30-14-19-16(2)20(28-3)11-12-24-19/h4-12,15H,13-14H2,1-3H3,(H,25,26,27). The second-order valence-corrected chi connectivity index (χ2v) is 8.02. The van der Waals surface area contributed by atoms with Crippen LogP contribution in [0, 0.1) is 6.92 Å². The van der Waals surface area contributed by atoms with Crippen molar-refractivity contribution >= 4 is 22.9 Å². The van der Waals surface area contributed by atoms with E-state index in [9.17, 15) is 0 Å². The molecule has 6 nitrogen and oxygen atoms in total. The molecule has 3 heterocycles. The molecule has 0 spiro atoms. The minimum atomic E-state index is 0.285. The maximum absolute atomic E-state index is 5.91. The number of benzene rings is 1. The van der Waals surface area contributed by atoms with Crippen molar-refractivity contribution in [3.63, 3.8) is 0 Å². The third kappa shape index (κ3) is 4.57. The molecule has 0 aliphatic rings. The van der Waals surface area contributed by atoms with Gasteiger partial charge in [-0.3, -0.25) is 4.98 Å². The van der Waals surface area contributed by atoms with Gasteiger partial charge >= 0.3 is 0 Å². The van der Waals surface area contributed by atoms with Gasteiger partial charge in [0.05, 0.1) is 24.9 Å². The van der Waals surface area contributed by atoms with Gasteiger partial charge in [0.1, 0.15) is 5.75 Å². The lowest BCUT2D eigenvalue weighted by Crippen LogP contribution is -2.07. The molecule has 4 aromatic rings. The number of pyridine rings is 2. The topological polar surface area (TPSA) is 72.9 Å². The number of imidazole rings is 1. The van der Waals surface area contributed by atoms with Crippen LogP contribution in [0.3, 0.4) is 0 Å². The first kappa shape index (κ1) is 20.2. The highest BCUT2D eigenvalue weighted by Gasteiger charge is 2.11. The zero-order valence-electron chi connectivity index (χ0n) is 17.3. The molecule has 30 heavy (non-hydrogen) atoms. The predicted molar refractivity (Wildman–Crippen MR) is 119 cm³/mol. The van der Waals surface area contributed by atoms with Gasteiger partial charge in [0.15, 0.2) is 10.8 Å². The summed E-state index contributed by atoms with van der Waals surface area (Å²) in [4.78, 5) is 16.9. The van der Waals surface area contributed by atoms with Crippen molar-refractivity contribution in [2.45, 2.75) is 30.7 Å². The largest absolute Gasteiger partial charge is 0.496 e. The maximum Gasteiger partial charge on any atom is 0.215 e. The zero-order valence-corrected chi connectivity index (χ0v) is 18.1. The number of hydrogen-bond donors (Lipinski definition) is 1. The minimum absolute atomic E-state index is 0.285. The Bertz CT molecular complexity index is 1130. The summed E-state index contributed by atoms with van der Waals surface area (Å²) in [6, 6.07) is 16.0. The van der Waals surface area contributed by atoms with Crippen LogP contribution in [0.2, 0.25) is 0 Å². The molecule has 1 aromatic carbocycles. The van der Waals surface area contributed by atoms with Crippen LogP contribution in [0.25, 0.3) is 11.2 Å². The number of H-pyrrole nitrogens is 1. The molecule has 0 saturated carbocycles. The maximum atomic E-state index is 5.91. The molecule has 7 heteroatoms. The molecule has 4 rings (SSSR count). The quantitative estimate of drug-likeness (QED) is 0.398. The molecule has 1 atom stereocenters. The Hall–Kier alpha value is -3.06. The van der Waals surface area contributed by atoms with Crippen molar-refractivity contribution in [2.75, 3.05) is 13.7 Å². The van der Waals surface area contributed by atoms with Crippen LogP contribution < -0.4 is 9.47 Å². The molecule has 154 valence electrons. The average Bonchev–Trinajstić information content (AvgIpc) is 3.19. The van der Waals surface area contributed by atoms with Gasteiger partial charge in [-0.2, -0.15) is 4.98 Å². The fourth-order valence-electron chi connectivity index (χ4n) is 3.15. The summed E-state index contributed by atoms with van der Waals surface area (Å²) in [7, 11) is 1.67. The number of rotatable bonds is 8. The highest BCUT2D eigenvalue weighted by atomic mass is 32.2. The minimum Gasteiger partial charge on any atom is -0.496 e.